The first-order valence-electron chi connectivity index (χ1n) is 10.3. The third-order valence-corrected chi connectivity index (χ3v) is 5.79. The van der Waals surface area contributed by atoms with Crippen LogP contribution >= 0.6 is 11.6 Å². The van der Waals surface area contributed by atoms with Gasteiger partial charge in [0.15, 0.2) is 0 Å². The molecule has 1 aliphatic heterocycles. The molecular formula is C25H22ClN3O3. The van der Waals surface area contributed by atoms with Crippen molar-refractivity contribution in [2.24, 2.45) is 0 Å². The second kappa shape index (κ2) is 8.48. The maximum Gasteiger partial charge on any atom is 0.335 e. The number of nitrogens with zero attached hydrogens (tertiary/aromatic N) is 2. The Hall–Kier alpha value is -3.64. The van der Waals surface area contributed by atoms with E-state index in [1.807, 2.05) is 61.7 Å². The van der Waals surface area contributed by atoms with Crippen molar-refractivity contribution in [3.05, 3.63) is 87.7 Å². The molecule has 162 valence electrons. The van der Waals surface area contributed by atoms with E-state index in [4.69, 9.17) is 11.6 Å². The molecule has 6 nitrogen and oxygen atoms in total. The fourth-order valence-electron chi connectivity index (χ4n) is 4.01. The van der Waals surface area contributed by atoms with Crippen LogP contribution in [0, 0.1) is 13.8 Å². The van der Waals surface area contributed by atoms with Crippen LogP contribution in [0.2, 0.25) is 5.02 Å². The third-order valence-electron chi connectivity index (χ3n) is 5.55. The third kappa shape index (κ3) is 3.74. The van der Waals surface area contributed by atoms with E-state index in [9.17, 15) is 14.4 Å². The fourth-order valence-corrected chi connectivity index (χ4v) is 4.19. The van der Waals surface area contributed by atoms with Gasteiger partial charge in [-0.25, -0.2) is 9.69 Å². The lowest BCUT2D eigenvalue weighted by Gasteiger charge is -2.28. The van der Waals surface area contributed by atoms with Gasteiger partial charge < -0.3 is 4.57 Å². The number of nitrogens with one attached hydrogen (secondary N) is 1. The lowest BCUT2D eigenvalue weighted by atomic mass is 10.0. The molecule has 4 amide bonds. The van der Waals surface area contributed by atoms with E-state index in [-0.39, 0.29) is 5.57 Å². The zero-order chi connectivity index (χ0) is 23.0. The van der Waals surface area contributed by atoms with Crippen molar-refractivity contribution >= 4 is 41.2 Å². The van der Waals surface area contributed by atoms with Gasteiger partial charge in [0.25, 0.3) is 11.8 Å². The highest BCUT2D eigenvalue weighted by Crippen LogP contribution is 2.28. The summed E-state index contributed by atoms with van der Waals surface area (Å²) in [6, 6.07) is 15.8. The molecule has 1 N–H and O–H groups in total. The average molecular weight is 448 g/mol. The predicted octanol–water partition coefficient (Wildman–Crippen LogP) is 4.98. The van der Waals surface area contributed by atoms with E-state index < -0.39 is 17.8 Å². The molecule has 0 radical (unpaired) electrons. The van der Waals surface area contributed by atoms with E-state index in [1.165, 1.54) is 6.08 Å². The van der Waals surface area contributed by atoms with Crippen LogP contribution in [-0.2, 0) is 16.0 Å². The Morgan fingerprint density at radius 2 is 1.75 bits per heavy atom. The number of aryl methyl sites for hydroxylation is 2. The zero-order valence-electron chi connectivity index (χ0n) is 18.0. The lowest BCUT2D eigenvalue weighted by molar-refractivity contribution is -0.122. The van der Waals surface area contributed by atoms with Crippen LogP contribution in [0.15, 0.2) is 60.2 Å². The molecule has 1 fully saturated rings. The monoisotopic (exact) mass is 447 g/mol. The van der Waals surface area contributed by atoms with Crippen molar-refractivity contribution in [1.29, 1.82) is 0 Å². The van der Waals surface area contributed by atoms with E-state index in [0.717, 1.165) is 27.5 Å². The Bertz CT molecular complexity index is 1290. The van der Waals surface area contributed by atoms with Crippen molar-refractivity contribution in [1.82, 2.24) is 9.88 Å². The minimum absolute atomic E-state index is 0.0955. The van der Waals surface area contributed by atoms with Crippen molar-refractivity contribution in [3.8, 4) is 5.69 Å². The van der Waals surface area contributed by atoms with Crippen molar-refractivity contribution in [2.45, 2.75) is 27.2 Å². The number of carbonyl (C=O) groups is 3. The lowest BCUT2D eigenvalue weighted by Crippen LogP contribution is -2.54. The minimum Gasteiger partial charge on any atom is -0.318 e. The van der Waals surface area contributed by atoms with Crippen LogP contribution in [0.25, 0.3) is 11.8 Å². The number of carbonyl (C=O) groups excluding carboxylic acids is 3. The van der Waals surface area contributed by atoms with E-state index >= 15 is 0 Å². The second-order valence-corrected chi connectivity index (χ2v) is 8.02. The molecule has 0 aliphatic carbocycles. The number of halogens is 1. The largest absolute Gasteiger partial charge is 0.335 e. The van der Waals surface area contributed by atoms with Gasteiger partial charge in [-0.3, -0.25) is 14.9 Å². The van der Waals surface area contributed by atoms with Crippen molar-refractivity contribution in [3.63, 3.8) is 0 Å². The molecule has 1 aromatic heterocycles. The van der Waals surface area contributed by atoms with Crippen LogP contribution < -0.4 is 10.2 Å². The SMILES string of the molecule is CCc1ccccc1N1C(=O)NC(=O)/C(=C\c2cc(C)n(-c3cccc(Cl)c3)c2C)C1=O. The molecular weight excluding hydrogens is 426 g/mol. The number of imide groups is 2. The molecule has 0 saturated carbocycles. The number of anilines is 1. The highest BCUT2D eigenvalue weighted by atomic mass is 35.5. The van der Waals surface area contributed by atoms with Gasteiger partial charge in [0.2, 0.25) is 0 Å². The van der Waals surface area contributed by atoms with Gasteiger partial charge in [0.05, 0.1) is 5.69 Å². The van der Waals surface area contributed by atoms with Crippen LogP contribution in [0.5, 0.6) is 0 Å². The Kier molecular flexibility index (Phi) is 5.72. The van der Waals surface area contributed by atoms with Gasteiger partial charge in [-0.05, 0) is 67.8 Å². The van der Waals surface area contributed by atoms with Gasteiger partial charge in [-0.2, -0.15) is 0 Å². The summed E-state index contributed by atoms with van der Waals surface area (Å²) in [5.41, 5.74) is 4.56. The molecule has 0 atom stereocenters. The fraction of sp³-hybridized carbons (Fsp3) is 0.160. The molecule has 2 aromatic carbocycles. The second-order valence-electron chi connectivity index (χ2n) is 7.58. The number of urea groups is 1. The highest BCUT2D eigenvalue weighted by Gasteiger charge is 2.37. The summed E-state index contributed by atoms with van der Waals surface area (Å²) in [5, 5.41) is 2.91. The number of rotatable bonds is 4. The normalized spacial score (nSPS) is 15.4. The predicted molar refractivity (Wildman–Crippen MR) is 125 cm³/mol. The Morgan fingerprint density at radius 3 is 2.47 bits per heavy atom. The summed E-state index contributed by atoms with van der Waals surface area (Å²) < 4.78 is 2.00. The first-order valence-corrected chi connectivity index (χ1v) is 10.6. The van der Waals surface area contributed by atoms with Crippen LogP contribution in [0.3, 0.4) is 0 Å². The first-order chi connectivity index (χ1) is 15.3. The van der Waals surface area contributed by atoms with Gasteiger partial charge in [0.1, 0.15) is 5.57 Å². The molecule has 3 aromatic rings. The van der Waals surface area contributed by atoms with E-state index in [0.29, 0.717) is 22.7 Å². The number of hydrogen-bond donors (Lipinski definition) is 1. The number of hydrogen-bond acceptors (Lipinski definition) is 3. The Balaban J connectivity index is 1.79. The summed E-state index contributed by atoms with van der Waals surface area (Å²) in [6.45, 7) is 5.78. The molecule has 0 unspecified atom stereocenters. The quantitative estimate of drug-likeness (QED) is 0.453. The van der Waals surface area contributed by atoms with E-state index in [1.54, 1.807) is 18.2 Å². The van der Waals surface area contributed by atoms with Gasteiger partial charge in [-0.15, -0.1) is 0 Å². The number of para-hydroxylation sites is 1. The molecule has 32 heavy (non-hydrogen) atoms. The summed E-state index contributed by atoms with van der Waals surface area (Å²) in [4.78, 5) is 39.5. The smallest absolute Gasteiger partial charge is 0.318 e. The van der Waals surface area contributed by atoms with E-state index in [2.05, 4.69) is 5.32 Å². The molecule has 0 bridgehead atoms. The topological polar surface area (TPSA) is 71.4 Å². The number of barbiturate groups is 1. The molecule has 1 saturated heterocycles. The number of benzene rings is 2. The zero-order valence-corrected chi connectivity index (χ0v) is 18.7. The van der Waals surface area contributed by atoms with Crippen molar-refractivity contribution in [2.75, 3.05) is 4.90 Å². The average Bonchev–Trinajstić information content (AvgIpc) is 3.04. The van der Waals surface area contributed by atoms with Crippen LogP contribution in [0.1, 0.15) is 29.4 Å². The highest BCUT2D eigenvalue weighted by molar-refractivity contribution is 6.39. The first kappa shape index (κ1) is 21.6. The van der Waals surface area contributed by atoms with Crippen LogP contribution in [0.4, 0.5) is 10.5 Å². The summed E-state index contributed by atoms with van der Waals surface area (Å²) in [5.74, 6) is -1.36. The number of amides is 4. The molecule has 7 heteroatoms. The van der Waals surface area contributed by atoms with Crippen LogP contribution in [-0.4, -0.2) is 22.4 Å². The van der Waals surface area contributed by atoms with Crippen molar-refractivity contribution < 1.29 is 14.4 Å². The van der Waals surface area contributed by atoms with Gasteiger partial charge >= 0.3 is 6.03 Å². The molecule has 2 heterocycles. The maximum absolute atomic E-state index is 13.3. The van der Waals surface area contributed by atoms with Gasteiger partial charge in [0, 0.05) is 22.1 Å². The standard InChI is InChI=1S/C25H22ClN3O3/c1-4-17-8-5-6-11-22(17)29-24(31)21(23(30)27-25(29)32)13-18-12-15(2)28(16(18)3)20-10-7-9-19(26)14-20/h5-14H,4H2,1-3H3,(H,27,30,32)/b21-13+. The summed E-state index contributed by atoms with van der Waals surface area (Å²) in [6.07, 6.45) is 2.18. The summed E-state index contributed by atoms with van der Waals surface area (Å²) in [7, 11) is 0. The molecule has 4 rings (SSSR count). The van der Waals surface area contributed by atoms with Gasteiger partial charge in [-0.1, -0.05) is 42.8 Å². The Labute approximate surface area is 191 Å². The molecule has 0 spiro atoms. The summed E-state index contributed by atoms with van der Waals surface area (Å²) >= 11 is 6.15. The molecule has 1 aliphatic rings. The minimum atomic E-state index is -0.748. The Morgan fingerprint density at radius 1 is 1.00 bits per heavy atom. The maximum atomic E-state index is 13.3. The number of aromatic nitrogens is 1.